The van der Waals surface area contributed by atoms with E-state index in [0.29, 0.717) is 42.0 Å². The highest BCUT2D eigenvalue weighted by Gasteiger charge is 2.30. The van der Waals surface area contributed by atoms with Gasteiger partial charge in [-0.05, 0) is 54.0 Å². The average molecular weight is 459 g/mol. The predicted octanol–water partition coefficient (Wildman–Crippen LogP) is 1.99. The van der Waals surface area contributed by atoms with Crippen molar-refractivity contribution in [3.05, 3.63) is 51.1 Å². The molecule has 2 heterocycles. The lowest BCUT2D eigenvalue weighted by Gasteiger charge is -2.36. The Hall–Kier alpha value is -1.78. The van der Waals surface area contributed by atoms with E-state index in [9.17, 15) is 17.6 Å². The maximum Gasteiger partial charge on any atom is 0.287 e. The van der Waals surface area contributed by atoms with Gasteiger partial charge in [0.1, 0.15) is 10.3 Å². The van der Waals surface area contributed by atoms with Gasteiger partial charge in [0.15, 0.2) is 0 Å². The summed E-state index contributed by atoms with van der Waals surface area (Å²) >= 11 is 3.34. The van der Waals surface area contributed by atoms with E-state index in [2.05, 4.69) is 21.0 Å². The predicted molar refractivity (Wildman–Crippen MR) is 105 cm³/mol. The van der Waals surface area contributed by atoms with E-state index in [-0.39, 0.29) is 5.56 Å². The van der Waals surface area contributed by atoms with E-state index < -0.39 is 21.1 Å². The quantitative estimate of drug-likeness (QED) is 0.700. The summed E-state index contributed by atoms with van der Waals surface area (Å²) in [6, 6.07) is 5.48. The van der Waals surface area contributed by atoms with Crippen molar-refractivity contribution in [2.45, 2.75) is 19.1 Å². The number of nitrogens with zero attached hydrogens (tertiary/aromatic N) is 4. The van der Waals surface area contributed by atoms with Crippen LogP contribution < -0.4 is 10.5 Å². The number of rotatable bonds is 4. The van der Waals surface area contributed by atoms with E-state index >= 15 is 0 Å². The van der Waals surface area contributed by atoms with Crippen molar-refractivity contribution in [3.8, 4) is 5.69 Å². The molecule has 1 aromatic heterocycles. The SMILES string of the molecule is CC(C)S(=O)(=O)N1CCN(c2cnn(-c3ccc(F)cc3)c(=O)c2Br)CC1. The second-order valence-electron chi connectivity index (χ2n) is 6.52. The van der Waals surface area contributed by atoms with Gasteiger partial charge >= 0.3 is 0 Å². The Labute approximate surface area is 165 Å². The molecule has 1 aromatic carbocycles. The third-order valence-corrected chi connectivity index (χ3v) is 7.53. The molecule has 7 nitrogen and oxygen atoms in total. The average Bonchev–Trinajstić information content (AvgIpc) is 2.65. The zero-order valence-electron chi connectivity index (χ0n) is 15.0. The number of hydrogen-bond acceptors (Lipinski definition) is 5. The Kier molecular flexibility index (Phi) is 5.68. The molecule has 0 unspecified atom stereocenters. The summed E-state index contributed by atoms with van der Waals surface area (Å²) < 4.78 is 40.6. The Bertz CT molecular complexity index is 984. The first kappa shape index (κ1) is 20.0. The molecule has 2 aromatic rings. The number of anilines is 1. The van der Waals surface area contributed by atoms with E-state index in [4.69, 9.17) is 0 Å². The van der Waals surface area contributed by atoms with Crippen LogP contribution in [0.25, 0.3) is 5.69 Å². The summed E-state index contributed by atoms with van der Waals surface area (Å²) in [5.74, 6) is -0.392. The molecule has 27 heavy (non-hydrogen) atoms. The summed E-state index contributed by atoms with van der Waals surface area (Å²) in [7, 11) is -3.29. The van der Waals surface area contributed by atoms with E-state index in [0.717, 1.165) is 0 Å². The molecule has 0 amide bonds. The van der Waals surface area contributed by atoms with Gasteiger partial charge in [-0.2, -0.15) is 14.1 Å². The third-order valence-electron chi connectivity index (χ3n) is 4.51. The van der Waals surface area contributed by atoms with E-state index in [1.165, 1.54) is 33.3 Å². The Balaban J connectivity index is 1.82. The molecule has 10 heteroatoms. The van der Waals surface area contributed by atoms with Gasteiger partial charge in [0.2, 0.25) is 10.0 Å². The molecule has 1 aliphatic rings. The molecule has 3 rings (SSSR count). The number of benzene rings is 1. The van der Waals surface area contributed by atoms with Crippen LogP contribution in [0.1, 0.15) is 13.8 Å². The molecule has 1 fully saturated rings. The van der Waals surface area contributed by atoms with Gasteiger partial charge in [-0.25, -0.2) is 12.8 Å². The maximum absolute atomic E-state index is 13.1. The van der Waals surface area contributed by atoms with Crippen molar-refractivity contribution >= 4 is 31.6 Å². The fraction of sp³-hybridized carbons (Fsp3) is 0.412. The van der Waals surface area contributed by atoms with Gasteiger partial charge in [-0.15, -0.1) is 0 Å². The van der Waals surface area contributed by atoms with Gasteiger partial charge in [0.05, 0.1) is 22.8 Å². The highest BCUT2D eigenvalue weighted by atomic mass is 79.9. The van der Waals surface area contributed by atoms with Gasteiger partial charge < -0.3 is 4.90 Å². The fourth-order valence-corrected chi connectivity index (χ4v) is 4.68. The van der Waals surface area contributed by atoms with Crippen LogP contribution in [0, 0.1) is 5.82 Å². The van der Waals surface area contributed by atoms with Gasteiger partial charge in [-0.1, -0.05) is 0 Å². The summed E-state index contributed by atoms with van der Waals surface area (Å²) in [5, 5.41) is 3.73. The van der Waals surface area contributed by atoms with Crippen LogP contribution in [0.3, 0.4) is 0 Å². The lowest BCUT2D eigenvalue weighted by atomic mass is 10.3. The fourth-order valence-electron chi connectivity index (χ4n) is 2.89. The molecule has 1 aliphatic heterocycles. The first-order valence-electron chi connectivity index (χ1n) is 8.49. The highest BCUT2D eigenvalue weighted by Crippen LogP contribution is 2.24. The van der Waals surface area contributed by atoms with Crippen molar-refractivity contribution in [1.82, 2.24) is 14.1 Å². The first-order valence-corrected chi connectivity index (χ1v) is 10.8. The number of sulfonamides is 1. The topological polar surface area (TPSA) is 75.5 Å². The maximum atomic E-state index is 13.1. The smallest absolute Gasteiger partial charge is 0.287 e. The highest BCUT2D eigenvalue weighted by molar-refractivity contribution is 9.10. The van der Waals surface area contributed by atoms with Gasteiger partial charge in [0, 0.05) is 26.2 Å². The van der Waals surface area contributed by atoms with Crippen LogP contribution in [-0.4, -0.2) is 53.9 Å². The normalized spacial score (nSPS) is 16.1. The zero-order chi connectivity index (χ0) is 19.8. The standard InChI is InChI=1S/C17H20BrFN4O3S/c1-12(2)27(25,26)22-9-7-21(8-10-22)15-11-20-23(17(24)16(15)18)14-5-3-13(19)4-6-14/h3-6,11-12H,7-10H2,1-2H3. The number of aromatic nitrogens is 2. The molecule has 0 radical (unpaired) electrons. The molecular formula is C17H20BrFN4O3S. The van der Waals surface area contributed by atoms with Crippen molar-refractivity contribution in [1.29, 1.82) is 0 Å². The van der Waals surface area contributed by atoms with Crippen LogP contribution >= 0.6 is 15.9 Å². The lowest BCUT2D eigenvalue weighted by Crippen LogP contribution is -2.50. The third kappa shape index (κ3) is 3.92. The van der Waals surface area contributed by atoms with Crippen molar-refractivity contribution in [3.63, 3.8) is 0 Å². The van der Waals surface area contributed by atoms with Crippen LogP contribution in [0.5, 0.6) is 0 Å². The first-order chi connectivity index (χ1) is 12.7. The van der Waals surface area contributed by atoms with Crippen LogP contribution in [0.15, 0.2) is 39.7 Å². The molecule has 0 atom stereocenters. The van der Waals surface area contributed by atoms with E-state index in [1.54, 1.807) is 20.0 Å². The Morgan fingerprint density at radius 2 is 1.70 bits per heavy atom. The monoisotopic (exact) mass is 458 g/mol. The largest absolute Gasteiger partial charge is 0.367 e. The minimum Gasteiger partial charge on any atom is -0.367 e. The van der Waals surface area contributed by atoms with Crippen molar-refractivity contribution < 1.29 is 12.8 Å². The van der Waals surface area contributed by atoms with Gasteiger partial charge in [-0.3, -0.25) is 4.79 Å². The Morgan fingerprint density at radius 3 is 2.26 bits per heavy atom. The summed E-state index contributed by atoms with van der Waals surface area (Å²) in [6.07, 6.45) is 1.56. The van der Waals surface area contributed by atoms with Crippen LogP contribution in [0.2, 0.25) is 0 Å². The molecule has 0 bridgehead atoms. The number of piperazine rings is 1. The molecule has 0 spiro atoms. The molecule has 146 valence electrons. The summed E-state index contributed by atoms with van der Waals surface area (Å²) in [6.45, 7) is 4.97. The molecular weight excluding hydrogens is 439 g/mol. The zero-order valence-corrected chi connectivity index (χ0v) is 17.4. The second kappa shape index (κ2) is 7.69. The van der Waals surface area contributed by atoms with Gasteiger partial charge in [0.25, 0.3) is 5.56 Å². The van der Waals surface area contributed by atoms with Crippen LogP contribution in [-0.2, 0) is 10.0 Å². The van der Waals surface area contributed by atoms with Crippen molar-refractivity contribution in [2.75, 3.05) is 31.1 Å². The summed E-state index contributed by atoms with van der Waals surface area (Å²) in [5.41, 5.74) is 0.706. The van der Waals surface area contributed by atoms with E-state index in [1.807, 2.05) is 4.90 Å². The molecule has 1 saturated heterocycles. The number of hydrogen-bond donors (Lipinski definition) is 0. The second-order valence-corrected chi connectivity index (χ2v) is 9.80. The summed E-state index contributed by atoms with van der Waals surface area (Å²) in [4.78, 5) is 14.6. The molecule has 0 saturated carbocycles. The minimum atomic E-state index is -3.29. The minimum absolute atomic E-state index is 0.335. The Morgan fingerprint density at radius 1 is 1.11 bits per heavy atom. The lowest BCUT2D eigenvalue weighted by molar-refractivity contribution is 0.380. The van der Waals surface area contributed by atoms with Crippen molar-refractivity contribution in [2.24, 2.45) is 0 Å². The molecule has 0 N–H and O–H groups in total. The van der Waals surface area contributed by atoms with Crippen LogP contribution in [0.4, 0.5) is 10.1 Å². The number of halogens is 2. The molecule has 0 aliphatic carbocycles.